The molecule has 16 heavy (non-hydrogen) atoms. The summed E-state index contributed by atoms with van der Waals surface area (Å²) in [6, 6.07) is 7.91. The fourth-order valence-corrected chi connectivity index (χ4v) is 2.24. The number of thiocarbonyl (C=S) groups is 1. The second kappa shape index (κ2) is 4.80. The van der Waals surface area contributed by atoms with Gasteiger partial charge < -0.3 is 15.7 Å². The van der Waals surface area contributed by atoms with Crippen LogP contribution in [0.1, 0.15) is 18.4 Å². The molecule has 1 aliphatic heterocycles. The molecular weight excluding hydrogens is 220 g/mol. The molecular formula is C12H16N2OS. The average Bonchev–Trinajstić information content (AvgIpc) is 2.30. The van der Waals surface area contributed by atoms with Crippen molar-refractivity contribution in [1.82, 2.24) is 0 Å². The molecule has 0 bridgehead atoms. The molecule has 3 nitrogen and oxygen atoms in total. The fraction of sp³-hybridized carbons (Fsp3) is 0.417. The smallest absolute Gasteiger partial charge is 0.106 e. The van der Waals surface area contributed by atoms with Crippen molar-refractivity contribution in [2.24, 2.45) is 5.73 Å². The van der Waals surface area contributed by atoms with Crippen molar-refractivity contribution >= 4 is 22.9 Å². The van der Waals surface area contributed by atoms with Gasteiger partial charge in [-0.05, 0) is 25.0 Å². The van der Waals surface area contributed by atoms with E-state index in [2.05, 4.69) is 4.90 Å². The number of para-hydroxylation sites is 1. The number of aliphatic hydroxyl groups is 1. The number of hydrogen-bond donors (Lipinski definition) is 2. The van der Waals surface area contributed by atoms with E-state index in [4.69, 9.17) is 18.0 Å². The zero-order chi connectivity index (χ0) is 11.5. The number of aliphatic hydroxyl groups excluding tert-OH is 1. The highest BCUT2D eigenvalue weighted by Gasteiger charge is 2.19. The van der Waals surface area contributed by atoms with E-state index in [0.717, 1.165) is 37.2 Å². The molecule has 3 N–H and O–H groups in total. The molecule has 86 valence electrons. The van der Waals surface area contributed by atoms with Crippen LogP contribution in [0.25, 0.3) is 0 Å². The normalized spacial score (nSPS) is 17.4. The van der Waals surface area contributed by atoms with Gasteiger partial charge in [0.2, 0.25) is 0 Å². The van der Waals surface area contributed by atoms with E-state index in [1.54, 1.807) is 0 Å². The van der Waals surface area contributed by atoms with Gasteiger partial charge in [0, 0.05) is 24.3 Å². The summed E-state index contributed by atoms with van der Waals surface area (Å²) in [5, 5.41) is 9.48. The van der Waals surface area contributed by atoms with Crippen molar-refractivity contribution in [3.05, 3.63) is 29.8 Å². The van der Waals surface area contributed by atoms with Crippen LogP contribution in [0.15, 0.2) is 24.3 Å². The predicted molar refractivity (Wildman–Crippen MR) is 69.8 cm³/mol. The SMILES string of the molecule is NC(=S)c1ccccc1N1CCC(O)CC1. The Morgan fingerprint density at radius 3 is 2.56 bits per heavy atom. The van der Waals surface area contributed by atoms with Crippen LogP contribution in [-0.4, -0.2) is 29.3 Å². The Balaban J connectivity index is 2.23. The summed E-state index contributed by atoms with van der Waals surface area (Å²) in [6.07, 6.45) is 1.46. The lowest BCUT2D eigenvalue weighted by molar-refractivity contribution is 0.145. The van der Waals surface area contributed by atoms with Gasteiger partial charge in [-0.15, -0.1) is 0 Å². The van der Waals surface area contributed by atoms with Crippen LogP contribution >= 0.6 is 12.2 Å². The van der Waals surface area contributed by atoms with E-state index in [9.17, 15) is 5.11 Å². The summed E-state index contributed by atoms with van der Waals surface area (Å²) < 4.78 is 0. The van der Waals surface area contributed by atoms with Crippen LogP contribution in [0.3, 0.4) is 0 Å². The first-order valence-corrected chi connectivity index (χ1v) is 5.91. The minimum Gasteiger partial charge on any atom is -0.393 e. The van der Waals surface area contributed by atoms with Gasteiger partial charge in [0.15, 0.2) is 0 Å². The molecule has 0 amide bonds. The van der Waals surface area contributed by atoms with Gasteiger partial charge in [0.25, 0.3) is 0 Å². The maximum Gasteiger partial charge on any atom is 0.106 e. The van der Waals surface area contributed by atoms with Gasteiger partial charge in [-0.1, -0.05) is 24.4 Å². The van der Waals surface area contributed by atoms with Crippen LogP contribution in [0.5, 0.6) is 0 Å². The van der Waals surface area contributed by atoms with Gasteiger partial charge in [0.1, 0.15) is 4.99 Å². The molecule has 0 spiro atoms. The highest BCUT2D eigenvalue weighted by atomic mass is 32.1. The van der Waals surface area contributed by atoms with Gasteiger partial charge in [-0.3, -0.25) is 0 Å². The summed E-state index contributed by atoms with van der Waals surface area (Å²) in [7, 11) is 0. The first-order valence-electron chi connectivity index (χ1n) is 5.50. The van der Waals surface area contributed by atoms with Gasteiger partial charge in [0.05, 0.1) is 6.10 Å². The van der Waals surface area contributed by atoms with Crippen molar-refractivity contribution in [2.75, 3.05) is 18.0 Å². The summed E-state index contributed by atoms with van der Waals surface area (Å²) in [5.74, 6) is 0. The molecule has 0 aliphatic carbocycles. The van der Waals surface area contributed by atoms with Gasteiger partial charge in [-0.25, -0.2) is 0 Å². The molecule has 0 unspecified atom stereocenters. The van der Waals surface area contributed by atoms with Gasteiger partial charge >= 0.3 is 0 Å². The van der Waals surface area contributed by atoms with Crippen molar-refractivity contribution in [3.63, 3.8) is 0 Å². The Morgan fingerprint density at radius 2 is 1.94 bits per heavy atom. The highest BCUT2D eigenvalue weighted by Crippen LogP contribution is 2.24. The van der Waals surface area contributed by atoms with E-state index >= 15 is 0 Å². The minimum atomic E-state index is -0.159. The van der Waals surface area contributed by atoms with Crippen LogP contribution in [-0.2, 0) is 0 Å². The first-order chi connectivity index (χ1) is 7.68. The van der Waals surface area contributed by atoms with E-state index < -0.39 is 0 Å². The Bertz CT molecular complexity index is 386. The number of nitrogens with zero attached hydrogens (tertiary/aromatic N) is 1. The molecule has 0 radical (unpaired) electrons. The van der Waals surface area contributed by atoms with Crippen LogP contribution < -0.4 is 10.6 Å². The van der Waals surface area contributed by atoms with E-state index in [-0.39, 0.29) is 6.10 Å². The molecule has 4 heteroatoms. The van der Waals surface area contributed by atoms with E-state index in [1.807, 2.05) is 24.3 Å². The minimum absolute atomic E-state index is 0.159. The number of anilines is 1. The Kier molecular flexibility index (Phi) is 3.41. The number of rotatable bonds is 2. The monoisotopic (exact) mass is 236 g/mol. The number of hydrogen-bond acceptors (Lipinski definition) is 3. The lowest BCUT2D eigenvalue weighted by Gasteiger charge is -2.32. The third kappa shape index (κ3) is 2.33. The lowest BCUT2D eigenvalue weighted by atomic mass is 10.1. The Morgan fingerprint density at radius 1 is 1.31 bits per heavy atom. The maximum absolute atomic E-state index is 9.48. The number of piperidine rings is 1. The van der Waals surface area contributed by atoms with Crippen LogP contribution in [0.4, 0.5) is 5.69 Å². The topological polar surface area (TPSA) is 49.5 Å². The first kappa shape index (κ1) is 11.4. The Hall–Kier alpha value is -1.13. The summed E-state index contributed by atoms with van der Waals surface area (Å²) in [6.45, 7) is 1.72. The largest absolute Gasteiger partial charge is 0.393 e. The van der Waals surface area contributed by atoms with Crippen LogP contribution in [0.2, 0.25) is 0 Å². The molecule has 1 aliphatic rings. The molecule has 1 aromatic rings. The lowest BCUT2D eigenvalue weighted by Crippen LogP contribution is -2.36. The van der Waals surface area contributed by atoms with E-state index in [0.29, 0.717) is 4.99 Å². The van der Waals surface area contributed by atoms with Crippen molar-refractivity contribution in [1.29, 1.82) is 0 Å². The van der Waals surface area contributed by atoms with Gasteiger partial charge in [-0.2, -0.15) is 0 Å². The molecule has 1 aromatic carbocycles. The Labute approximate surface area is 101 Å². The average molecular weight is 236 g/mol. The van der Waals surface area contributed by atoms with Crippen molar-refractivity contribution < 1.29 is 5.11 Å². The standard InChI is InChI=1S/C12H16N2OS/c13-12(16)10-3-1-2-4-11(10)14-7-5-9(15)6-8-14/h1-4,9,15H,5-8H2,(H2,13,16). The quantitative estimate of drug-likeness (QED) is 0.760. The zero-order valence-electron chi connectivity index (χ0n) is 9.10. The third-order valence-electron chi connectivity index (χ3n) is 2.97. The van der Waals surface area contributed by atoms with Crippen molar-refractivity contribution in [2.45, 2.75) is 18.9 Å². The molecule has 0 atom stereocenters. The fourth-order valence-electron chi connectivity index (χ4n) is 2.06. The second-order valence-corrected chi connectivity index (χ2v) is 4.54. The molecule has 1 fully saturated rings. The molecule has 0 saturated carbocycles. The summed E-state index contributed by atoms with van der Waals surface area (Å²) in [5.41, 5.74) is 7.71. The predicted octanol–water partition coefficient (Wildman–Crippen LogP) is 1.28. The molecule has 0 aromatic heterocycles. The molecule has 2 rings (SSSR count). The van der Waals surface area contributed by atoms with E-state index in [1.165, 1.54) is 0 Å². The zero-order valence-corrected chi connectivity index (χ0v) is 9.91. The molecule has 1 heterocycles. The number of benzene rings is 1. The van der Waals surface area contributed by atoms with Crippen molar-refractivity contribution in [3.8, 4) is 0 Å². The summed E-state index contributed by atoms with van der Waals surface area (Å²) >= 11 is 5.04. The number of nitrogens with two attached hydrogens (primary N) is 1. The van der Waals surface area contributed by atoms with Crippen LogP contribution in [0, 0.1) is 0 Å². The summed E-state index contributed by atoms with van der Waals surface area (Å²) in [4.78, 5) is 2.67. The molecule has 1 saturated heterocycles. The second-order valence-electron chi connectivity index (χ2n) is 4.10. The maximum atomic E-state index is 9.48. The highest BCUT2D eigenvalue weighted by molar-refractivity contribution is 7.80. The third-order valence-corrected chi connectivity index (χ3v) is 3.19.